The van der Waals surface area contributed by atoms with Gasteiger partial charge in [-0.2, -0.15) is 0 Å². The molecule has 1 aromatic rings. The smallest absolute Gasteiger partial charge is 0.0305 e. The number of nitrogens with one attached hydrogen (secondary N) is 1. The maximum atomic E-state index is 3.79. The highest BCUT2D eigenvalue weighted by Gasteiger charge is 2.21. The van der Waals surface area contributed by atoms with Crippen molar-refractivity contribution in [2.24, 2.45) is 5.92 Å². The largest absolute Gasteiger partial charge is 0.307 e. The van der Waals surface area contributed by atoms with Crippen molar-refractivity contribution in [2.45, 2.75) is 45.7 Å². The minimum Gasteiger partial charge on any atom is -0.307 e. The van der Waals surface area contributed by atoms with Crippen molar-refractivity contribution in [1.29, 1.82) is 0 Å². The van der Waals surface area contributed by atoms with E-state index in [1.54, 1.807) is 0 Å². The fraction of sp³-hybridized carbons (Fsp3) is 0.647. The third-order valence-electron chi connectivity index (χ3n) is 4.07. The Kier molecular flexibility index (Phi) is 6.06. The maximum Gasteiger partial charge on any atom is 0.0305 e. The van der Waals surface area contributed by atoms with Gasteiger partial charge in [0.2, 0.25) is 0 Å². The quantitative estimate of drug-likeness (QED) is 0.864. The van der Waals surface area contributed by atoms with Gasteiger partial charge in [0.15, 0.2) is 0 Å². The number of piperidine rings is 1. The molecule has 2 rings (SSSR count). The molecule has 1 aromatic carbocycles. The number of halogens is 1. The summed E-state index contributed by atoms with van der Waals surface area (Å²) in [6.45, 7) is 10.6. The SMILES string of the molecule is CC(C)CN1CCC(N[C@H](C)c2ccccc2Br)CC1. The molecule has 0 saturated carbocycles. The van der Waals surface area contributed by atoms with Gasteiger partial charge in [-0.1, -0.05) is 48.0 Å². The van der Waals surface area contributed by atoms with Crippen molar-refractivity contribution in [1.82, 2.24) is 10.2 Å². The van der Waals surface area contributed by atoms with Gasteiger partial charge in [-0.3, -0.25) is 0 Å². The average Bonchev–Trinajstić information content (AvgIpc) is 2.41. The first-order valence-electron chi connectivity index (χ1n) is 7.79. The van der Waals surface area contributed by atoms with Gasteiger partial charge in [0.25, 0.3) is 0 Å². The normalized spacial score (nSPS) is 19.4. The van der Waals surface area contributed by atoms with Crippen LogP contribution in [0.5, 0.6) is 0 Å². The molecule has 0 radical (unpaired) electrons. The Labute approximate surface area is 132 Å². The summed E-state index contributed by atoms with van der Waals surface area (Å²) in [5.74, 6) is 0.777. The summed E-state index contributed by atoms with van der Waals surface area (Å²) in [5, 5.41) is 3.79. The first-order chi connectivity index (χ1) is 9.56. The van der Waals surface area contributed by atoms with E-state index in [2.05, 4.69) is 71.2 Å². The monoisotopic (exact) mass is 338 g/mol. The molecule has 0 amide bonds. The summed E-state index contributed by atoms with van der Waals surface area (Å²) in [6.07, 6.45) is 2.53. The zero-order valence-electron chi connectivity index (χ0n) is 12.9. The van der Waals surface area contributed by atoms with E-state index in [-0.39, 0.29) is 0 Å². The van der Waals surface area contributed by atoms with Crippen LogP contribution in [0, 0.1) is 5.92 Å². The summed E-state index contributed by atoms with van der Waals surface area (Å²) in [7, 11) is 0. The Morgan fingerprint density at radius 2 is 1.85 bits per heavy atom. The topological polar surface area (TPSA) is 15.3 Å². The molecule has 3 heteroatoms. The molecule has 0 bridgehead atoms. The van der Waals surface area contributed by atoms with Crippen molar-refractivity contribution in [3.05, 3.63) is 34.3 Å². The number of rotatable bonds is 5. The molecule has 1 atom stereocenters. The van der Waals surface area contributed by atoms with Gasteiger partial charge in [0, 0.05) is 23.1 Å². The van der Waals surface area contributed by atoms with E-state index in [4.69, 9.17) is 0 Å². The summed E-state index contributed by atoms with van der Waals surface area (Å²) in [6, 6.07) is 9.58. The Hall–Kier alpha value is -0.380. The minimum atomic E-state index is 0.409. The van der Waals surface area contributed by atoms with Crippen LogP contribution < -0.4 is 5.32 Å². The second-order valence-electron chi connectivity index (χ2n) is 6.38. The van der Waals surface area contributed by atoms with Gasteiger partial charge in [-0.05, 0) is 50.4 Å². The predicted octanol–water partition coefficient (Wildman–Crippen LogP) is 4.22. The number of hydrogen-bond donors (Lipinski definition) is 1. The van der Waals surface area contributed by atoms with Crippen LogP contribution in [-0.4, -0.2) is 30.6 Å². The number of hydrogen-bond acceptors (Lipinski definition) is 2. The molecule has 1 saturated heterocycles. The fourth-order valence-electron chi connectivity index (χ4n) is 3.07. The van der Waals surface area contributed by atoms with Crippen LogP contribution in [-0.2, 0) is 0 Å². The molecule has 2 nitrogen and oxygen atoms in total. The average molecular weight is 339 g/mol. The Balaban J connectivity index is 1.82. The molecule has 20 heavy (non-hydrogen) atoms. The molecule has 1 aliphatic heterocycles. The van der Waals surface area contributed by atoms with Gasteiger partial charge in [-0.25, -0.2) is 0 Å². The van der Waals surface area contributed by atoms with Gasteiger partial charge in [0.1, 0.15) is 0 Å². The van der Waals surface area contributed by atoms with Crippen molar-refractivity contribution in [3.63, 3.8) is 0 Å². The highest BCUT2D eigenvalue weighted by molar-refractivity contribution is 9.10. The molecule has 1 heterocycles. The lowest BCUT2D eigenvalue weighted by Gasteiger charge is -2.35. The van der Waals surface area contributed by atoms with E-state index in [0.29, 0.717) is 12.1 Å². The first kappa shape index (κ1) is 16.0. The van der Waals surface area contributed by atoms with Gasteiger partial charge in [-0.15, -0.1) is 0 Å². The van der Waals surface area contributed by atoms with Crippen LogP contribution in [0.3, 0.4) is 0 Å². The molecule has 0 aromatic heterocycles. The zero-order valence-corrected chi connectivity index (χ0v) is 14.5. The van der Waals surface area contributed by atoms with E-state index in [9.17, 15) is 0 Å². The van der Waals surface area contributed by atoms with Gasteiger partial charge >= 0.3 is 0 Å². The van der Waals surface area contributed by atoms with Crippen molar-refractivity contribution < 1.29 is 0 Å². The second kappa shape index (κ2) is 7.58. The standard InChI is InChI=1S/C17H27BrN2/c1-13(2)12-20-10-8-15(9-11-20)19-14(3)16-6-4-5-7-17(16)18/h4-7,13-15,19H,8-12H2,1-3H3/t14-/m1/s1. The lowest BCUT2D eigenvalue weighted by Crippen LogP contribution is -2.44. The summed E-state index contributed by atoms with van der Waals surface area (Å²) >= 11 is 3.65. The van der Waals surface area contributed by atoms with Crippen LogP contribution in [0.15, 0.2) is 28.7 Å². The van der Waals surface area contributed by atoms with Crippen LogP contribution >= 0.6 is 15.9 Å². The molecular formula is C17H27BrN2. The number of likely N-dealkylation sites (tertiary alicyclic amines) is 1. The lowest BCUT2D eigenvalue weighted by atomic mass is 10.0. The molecule has 112 valence electrons. The molecule has 0 spiro atoms. The van der Waals surface area contributed by atoms with Crippen LogP contribution in [0.1, 0.15) is 45.2 Å². The van der Waals surface area contributed by atoms with Crippen LogP contribution in [0.2, 0.25) is 0 Å². The minimum absolute atomic E-state index is 0.409. The summed E-state index contributed by atoms with van der Waals surface area (Å²) < 4.78 is 1.21. The Bertz CT molecular complexity index is 411. The second-order valence-corrected chi connectivity index (χ2v) is 7.23. The van der Waals surface area contributed by atoms with E-state index in [0.717, 1.165) is 5.92 Å². The van der Waals surface area contributed by atoms with Crippen molar-refractivity contribution in [2.75, 3.05) is 19.6 Å². The van der Waals surface area contributed by atoms with E-state index >= 15 is 0 Å². The molecule has 1 N–H and O–H groups in total. The lowest BCUT2D eigenvalue weighted by molar-refractivity contribution is 0.175. The highest BCUT2D eigenvalue weighted by atomic mass is 79.9. The Morgan fingerprint density at radius 1 is 1.20 bits per heavy atom. The fourth-order valence-corrected chi connectivity index (χ4v) is 3.70. The van der Waals surface area contributed by atoms with Gasteiger partial charge < -0.3 is 10.2 Å². The number of nitrogens with zero attached hydrogens (tertiary/aromatic N) is 1. The molecule has 1 fully saturated rings. The molecule has 0 unspecified atom stereocenters. The van der Waals surface area contributed by atoms with Gasteiger partial charge in [0.05, 0.1) is 0 Å². The third-order valence-corrected chi connectivity index (χ3v) is 4.79. The first-order valence-corrected chi connectivity index (χ1v) is 8.58. The van der Waals surface area contributed by atoms with Crippen molar-refractivity contribution in [3.8, 4) is 0 Å². The van der Waals surface area contributed by atoms with E-state index in [1.165, 1.54) is 42.5 Å². The summed E-state index contributed by atoms with van der Waals surface area (Å²) in [4.78, 5) is 2.60. The predicted molar refractivity (Wildman–Crippen MR) is 90.0 cm³/mol. The zero-order chi connectivity index (χ0) is 14.5. The highest BCUT2D eigenvalue weighted by Crippen LogP contribution is 2.24. The third kappa shape index (κ3) is 4.57. The maximum absolute atomic E-state index is 3.79. The Morgan fingerprint density at radius 3 is 2.45 bits per heavy atom. The molecule has 1 aliphatic rings. The summed E-state index contributed by atoms with van der Waals surface area (Å²) in [5.41, 5.74) is 1.36. The molecule has 0 aliphatic carbocycles. The van der Waals surface area contributed by atoms with E-state index < -0.39 is 0 Å². The number of benzene rings is 1. The van der Waals surface area contributed by atoms with Crippen LogP contribution in [0.4, 0.5) is 0 Å². The van der Waals surface area contributed by atoms with Crippen molar-refractivity contribution >= 4 is 15.9 Å². The van der Waals surface area contributed by atoms with Crippen LogP contribution in [0.25, 0.3) is 0 Å². The van der Waals surface area contributed by atoms with E-state index in [1.807, 2.05) is 0 Å². The molecular weight excluding hydrogens is 312 g/mol.